The molecule has 126 valence electrons. The molecule has 0 radical (unpaired) electrons. The van der Waals surface area contributed by atoms with Crippen LogP contribution in [-0.4, -0.2) is 16.8 Å². The van der Waals surface area contributed by atoms with E-state index in [1.54, 1.807) is 18.2 Å². The van der Waals surface area contributed by atoms with Crippen molar-refractivity contribution in [3.05, 3.63) is 64.1 Å². The first-order valence-corrected chi connectivity index (χ1v) is 9.29. The summed E-state index contributed by atoms with van der Waals surface area (Å²) in [4.78, 5) is 11.8. The quantitative estimate of drug-likeness (QED) is 0.518. The molecule has 0 aliphatic heterocycles. The topological polar surface area (TPSA) is 53.2 Å². The molecule has 2 rings (SSSR count). The second-order valence-corrected chi connectivity index (χ2v) is 6.94. The Balaban J connectivity index is 1.67. The summed E-state index contributed by atoms with van der Waals surface area (Å²) in [5.41, 5.74) is 7.04. The van der Waals surface area contributed by atoms with Gasteiger partial charge in [-0.25, -0.2) is 0 Å². The molecular formula is C16H15Cl2N3OS2. The van der Waals surface area contributed by atoms with Crippen LogP contribution in [0.25, 0.3) is 0 Å². The first-order chi connectivity index (χ1) is 11.5. The smallest absolute Gasteiger partial charge is 0.248 e. The number of hydrogen-bond acceptors (Lipinski definition) is 3. The molecule has 0 saturated heterocycles. The van der Waals surface area contributed by atoms with E-state index in [2.05, 4.69) is 16.2 Å². The zero-order chi connectivity index (χ0) is 17.4. The Hall–Kier alpha value is -1.47. The van der Waals surface area contributed by atoms with Gasteiger partial charge in [-0.3, -0.25) is 15.6 Å². The zero-order valence-electron chi connectivity index (χ0n) is 12.5. The third kappa shape index (κ3) is 6.57. The molecule has 0 saturated carbocycles. The highest BCUT2D eigenvalue weighted by Gasteiger charge is 2.04. The van der Waals surface area contributed by atoms with Crippen LogP contribution in [0.4, 0.5) is 5.69 Å². The predicted octanol–water partition coefficient (Wildman–Crippen LogP) is 4.24. The summed E-state index contributed by atoms with van der Waals surface area (Å²) in [5, 5.41) is 4.05. The highest BCUT2D eigenvalue weighted by molar-refractivity contribution is 7.99. The number of rotatable bonds is 5. The van der Waals surface area contributed by atoms with Gasteiger partial charge in [-0.05, 0) is 36.0 Å². The number of thioether (sulfide) groups is 1. The van der Waals surface area contributed by atoms with E-state index in [-0.39, 0.29) is 11.0 Å². The highest BCUT2D eigenvalue weighted by atomic mass is 35.5. The van der Waals surface area contributed by atoms with E-state index in [0.29, 0.717) is 21.5 Å². The van der Waals surface area contributed by atoms with Gasteiger partial charge in [0.25, 0.3) is 0 Å². The van der Waals surface area contributed by atoms with Gasteiger partial charge in [-0.2, -0.15) is 0 Å². The molecule has 0 aliphatic carbocycles. The fourth-order valence-electron chi connectivity index (χ4n) is 1.73. The zero-order valence-corrected chi connectivity index (χ0v) is 15.7. The van der Waals surface area contributed by atoms with Crippen LogP contribution in [0.2, 0.25) is 10.0 Å². The average molecular weight is 400 g/mol. The first kappa shape index (κ1) is 18.9. The Labute approximate surface area is 160 Å². The number of halogens is 2. The van der Waals surface area contributed by atoms with Crippen molar-refractivity contribution in [3.8, 4) is 0 Å². The predicted molar refractivity (Wildman–Crippen MR) is 107 cm³/mol. The van der Waals surface area contributed by atoms with Gasteiger partial charge in [0.05, 0.1) is 15.8 Å². The van der Waals surface area contributed by atoms with Gasteiger partial charge < -0.3 is 5.32 Å². The van der Waals surface area contributed by atoms with Crippen molar-refractivity contribution in [2.24, 2.45) is 0 Å². The van der Waals surface area contributed by atoms with Crippen LogP contribution < -0.4 is 16.2 Å². The molecule has 2 aromatic rings. The number of hydrogen-bond donors (Lipinski definition) is 3. The molecule has 3 N–H and O–H groups in total. The van der Waals surface area contributed by atoms with Crippen molar-refractivity contribution in [3.63, 3.8) is 0 Å². The molecule has 0 unspecified atom stereocenters. The summed E-state index contributed by atoms with van der Waals surface area (Å²) in [6.45, 7) is 0. The standard InChI is InChI=1S/C16H15Cl2N3OS2/c17-13-7-6-12(8-14(13)18)19-16(23)21-20-15(22)10-24-9-11-4-2-1-3-5-11/h1-8H,9-10H2,(H,20,22)(H2,19,21,23). The number of benzene rings is 2. The molecule has 0 bridgehead atoms. The molecule has 0 atom stereocenters. The van der Waals surface area contributed by atoms with Gasteiger partial charge in [0.2, 0.25) is 5.91 Å². The van der Waals surface area contributed by atoms with Crippen molar-refractivity contribution < 1.29 is 4.79 Å². The van der Waals surface area contributed by atoms with Crippen LogP contribution in [0.3, 0.4) is 0 Å². The van der Waals surface area contributed by atoms with Crippen LogP contribution in [0.5, 0.6) is 0 Å². The molecule has 4 nitrogen and oxygen atoms in total. The Morgan fingerprint density at radius 1 is 1.04 bits per heavy atom. The number of amides is 1. The third-order valence-corrected chi connectivity index (χ3v) is 4.78. The van der Waals surface area contributed by atoms with Gasteiger partial charge in [-0.1, -0.05) is 53.5 Å². The Kier molecular flexibility index (Phi) is 7.65. The van der Waals surface area contributed by atoms with Crippen LogP contribution in [0, 0.1) is 0 Å². The normalized spacial score (nSPS) is 10.1. The molecule has 0 aliphatic rings. The first-order valence-electron chi connectivity index (χ1n) is 6.97. The monoisotopic (exact) mass is 399 g/mol. The van der Waals surface area contributed by atoms with Gasteiger partial charge >= 0.3 is 0 Å². The number of carbonyl (C=O) groups excluding carboxylic acids is 1. The summed E-state index contributed by atoms with van der Waals surface area (Å²) >= 11 is 18.4. The molecule has 8 heteroatoms. The summed E-state index contributed by atoms with van der Waals surface area (Å²) in [6.07, 6.45) is 0. The molecule has 0 fully saturated rings. The molecule has 24 heavy (non-hydrogen) atoms. The number of hydrazine groups is 1. The SMILES string of the molecule is O=C(CSCc1ccccc1)NNC(=S)Nc1ccc(Cl)c(Cl)c1. The van der Waals surface area contributed by atoms with E-state index in [4.69, 9.17) is 35.4 Å². The molecule has 0 heterocycles. The lowest BCUT2D eigenvalue weighted by atomic mass is 10.2. The fourth-order valence-corrected chi connectivity index (χ4v) is 2.99. The number of thiocarbonyl (C=S) groups is 1. The molecule has 0 spiro atoms. The van der Waals surface area contributed by atoms with E-state index in [1.807, 2.05) is 30.3 Å². The van der Waals surface area contributed by atoms with Crippen LogP contribution in [-0.2, 0) is 10.5 Å². The summed E-state index contributed by atoms with van der Waals surface area (Å²) in [6, 6.07) is 15.0. The van der Waals surface area contributed by atoms with Gasteiger partial charge in [0.15, 0.2) is 5.11 Å². The summed E-state index contributed by atoms with van der Waals surface area (Å²) < 4.78 is 0. The minimum atomic E-state index is -0.158. The lowest BCUT2D eigenvalue weighted by Crippen LogP contribution is -2.44. The van der Waals surface area contributed by atoms with Gasteiger partial charge in [0.1, 0.15) is 0 Å². The second kappa shape index (κ2) is 9.74. The van der Waals surface area contributed by atoms with Gasteiger partial charge in [0, 0.05) is 11.4 Å². The molecular weight excluding hydrogens is 385 g/mol. The Bertz CT molecular complexity index is 714. The molecule has 2 aromatic carbocycles. The molecule has 0 aromatic heterocycles. The minimum absolute atomic E-state index is 0.158. The lowest BCUT2D eigenvalue weighted by molar-refractivity contribution is -0.119. The largest absolute Gasteiger partial charge is 0.331 e. The minimum Gasteiger partial charge on any atom is -0.331 e. The van der Waals surface area contributed by atoms with Crippen molar-refractivity contribution in [2.45, 2.75) is 5.75 Å². The maximum Gasteiger partial charge on any atom is 0.248 e. The van der Waals surface area contributed by atoms with E-state index < -0.39 is 0 Å². The van der Waals surface area contributed by atoms with Crippen molar-refractivity contribution in [1.29, 1.82) is 0 Å². The lowest BCUT2D eigenvalue weighted by Gasteiger charge is -2.12. The Morgan fingerprint density at radius 3 is 2.50 bits per heavy atom. The van der Waals surface area contributed by atoms with Crippen molar-refractivity contribution in [2.75, 3.05) is 11.1 Å². The van der Waals surface area contributed by atoms with E-state index in [9.17, 15) is 4.79 Å². The maximum atomic E-state index is 11.8. The van der Waals surface area contributed by atoms with Crippen molar-refractivity contribution in [1.82, 2.24) is 10.9 Å². The number of nitrogens with one attached hydrogen (secondary N) is 3. The number of carbonyl (C=O) groups is 1. The average Bonchev–Trinajstić information content (AvgIpc) is 2.57. The second-order valence-electron chi connectivity index (χ2n) is 4.73. The van der Waals surface area contributed by atoms with E-state index in [1.165, 1.54) is 17.3 Å². The van der Waals surface area contributed by atoms with E-state index >= 15 is 0 Å². The van der Waals surface area contributed by atoms with Crippen LogP contribution in [0.15, 0.2) is 48.5 Å². The van der Waals surface area contributed by atoms with Gasteiger partial charge in [-0.15, -0.1) is 11.8 Å². The maximum absolute atomic E-state index is 11.8. The molecule has 1 amide bonds. The highest BCUT2D eigenvalue weighted by Crippen LogP contribution is 2.24. The number of anilines is 1. The fraction of sp³-hybridized carbons (Fsp3) is 0.125. The van der Waals surface area contributed by atoms with Crippen molar-refractivity contribution >= 4 is 63.9 Å². The van der Waals surface area contributed by atoms with E-state index in [0.717, 1.165) is 5.75 Å². The van der Waals surface area contributed by atoms with Crippen LogP contribution in [0.1, 0.15) is 5.56 Å². The summed E-state index contributed by atoms with van der Waals surface area (Å²) in [7, 11) is 0. The van der Waals surface area contributed by atoms with Crippen LogP contribution >= 0.6 is 47.2 Å². The summed E-state index contributed by atoms with van der Waals surface area (Å²) in [5.74, 6) is 0.951. The third-order valence-electron chi connectivity index (χ3n) is 2.84. The Morgan fingerprint density at radius 2 is 1.79 bits per heavy atom.